The predicted octanol–water partition coefficient (Wildman–Crippen LogP) is 0.883. The van der Waals surface area contributed by atoms with E-state index in [0.717, 1.165) is 0 Å². The highest BCUT2D eigenvalue weighted by atomic mass is 35.5. The lowest BCUT2D eigenvalue weighted by Gasteiger charge is -2.37. The van der Waals surface area contributed by atoms with Crippen molar-refractivity contribution in [1.29, 1.82) is 0 Å². The minimum absolute atomic E-state index is 0. The number of hydrogen-bond donors (Lipinski definition) is 1. The van der Waals surface area contributed by atoms with Crippen molar-refractivity contribution < 1.29 is 13.2 Å². The van der Waals surface area contributed by atoms with Crippen LogP contribution in [0.3, 0.4) is 0 Å². The predicted molar refractivity (Wildman–Crippen MR) is 78.9 cm³/mol. The van der Waals surface area contributed by atoms with E-state index in [1.807, 2.05) is 13.8 Å². The lowest BCUT2D eigenvalue weighted by atomic mass is 10.1. The molecule has 0 spiro atoms. The first kappa shape index (κ1) is 17.2. The maximum Gasteiger partial charge on any atom is 0.244 e. The first-order valence-corrected chi connectivity index (χ1v) is 7.66. The van der Waals surface area contributed by atoms with Gasteiger partial charge in [-0.1, -0.05) is 0 Å². The van der Waals surface area contributed by atoms with Crippen LogP contribution in [-0.4, -0.2) is 50.0 Å². The first-order chi connectivity index (χ1) is 8.96. The van der Waals surface area contributed by atoms with Gasteiger partial charge in [-0.05, 0) is 19.9 Å². The van der Waals surface area contributed by atoms with Crippen LogP contribution < -0.4 is 10.1 Å². The molecule has 1 saturated heterocycles. The fourth-order valence-corrected chi connectivity index (χ4v) is 3.79. The molecular formula is C12H20ClN3O3S. The van der Waals surface area contributed by atoms with Gasteiger partial charge in [0.25, 0.3) is 0 Å². The van der Waals surface area contributed by atoms with Crippen molar-refractivity contribution in [2.24, 2.45) is 0 Å². The van der Waals surface area contributed by atoms with Gasteiger partial charge < -0.3 is 10.1 Å². The molecule has 2 atom stereocenters. The number of piperazine rings is 1. The van der Waals surface area contributed by atoms with Crippen LogP contribution in [0.2, 0.25) is 0 Å². The van der Waals surface area contributed by atoms with E-state index in [4.69, 9.17) is 4.74 Å². The number of pyridine rings is 1. The van der Waals surface area contributed by atoms with E-state index in [0.29, 0.717) is 19.0 Å². The average molecular weight is 322 g/mol. The number of ether oxygens (including phenoxy) is 1. The highest BCUT2D eigenvalue weighted by Crippen LogP contribution is 2.21. The third-order valence-electron chi connectivity index (χ3n) is 3.50. The van der Waals surface area contributed by atoms with E-state index < -0.39 is 10.0 Å². The number of hydrogen-bond acceptors (Lipinski definition) is 5. The van der Waals surface area contributed by atoms with Crippen molar-refractivity contribution in [3.8, 4) is 5.88 Å². The maximum absolute atomic E-state index is 12.6. The molecule has 114 valence electrons. The highest BCUT2D eigenvalue weighted by molar-refractivity contribution is 7.89. The Labute approximate surface area is 126 Å². The van der Waals surface area contributed by atoms with Crippen molar-refractivity contribution in [2.75, 3.05) is 20.2 Å². The Morgan fingerprint density at radius 3 is 2.65 bits per heavy atom. The third-order valence-corrected chi connectivity index (χ3v) is 5.47. The Hall–Kier alpha value is -0.890. The molecule has 0 amide bonds. The minimum atomic E-state index is -3.49. The Kier molecular flexibility index (Phi) is 5.76. The topological polar surface area (TPSA) is 71.5 Å². The van der Waals surface area contributed by atoms with Crippen LogP contribution in [0.15, 0.2) is 23.2 Å². The van der Waals surface area contributed by atoms with Gasteiger partial charge in [-0.2, -0.15) is 4.31 Å². The average Bonchev–Trinajstić information content (AvgIpc) is 2.41. The number of nitrogens with one attached hydrogen (secondary N) is 1. The van der Waals surface area contributed by atoms with Gasteiger partial charge in [0.15, 0.2) is 0 Å². The van der Waals surface area contributed by atoms with Gasteiger partial charge in [0.05, 0.1) is 13.3 Å². The smallest absolute Gasteiger partial charge is 0.244 e. The van der Waals surface area contributed by atoms with Crippen molar-refractivity contribution in [3.05, 3.63) is 18.3 Å². The van der Waals surface area contributed by atoms with Crippen LogP contribution in [0.4, 0.5) is 0 Å². The molecule has 2 heterocycles. The zero-order chi connectivity index (χ0) is 14.0. The SMILES string of the molecule is COc1ccc(S(=O)(=O)N2CCNC(C)C2C)cn1.Cl. The van der Waals surface area contributed by atoms with Crippen LogP contribution in [0.1, 0.15) is 13.8 Å². The van der Waals surface area contributed by atoms with Crippen molar-refractivity contribution in [3.63, 3.8) is 0 Å². The molecule has 1 fully saturated rings. The largest absolute Gasteiger partial charge is 0.481 e. The van der Waals surface area contributed by atoms with Crippen molar-refractivity contribution >= 4 is 22.4 Å². The lowest BCUT2D eigenvalue weighted by molar-refractivity contribution is 0.233. The van der Waals surface area contributed by atoms with Crippen LogP contribution >= 0.6 is 12.4 Å². The molecule has 1 aromatic rings. The summed E-state index contributed by atoms with van der Waals surface area (Å²) in [5, 5.41) is 3.26. The highest BCUT2D eigenvalue weighted by Gasteiger charge is 2.34. The molecule has 0 bridgehead atoms. The molecule has 0 saturated carbocycles. The van der Waals surface area contributed by atoms with E-state index in [9.17, 15) is 8.42 Å². The molecule has 2 rings (SSSR count). The number of sulfonamides is 1. The quantitative estimate of drug-likeness (QED) is 0.895. The lowest BCUT2D eigenvalue weighted by Crippen LogP contribution is -2.57. The van der Waals surface area contributed by atoms with E-state index in [-0.39, 0.29) is 29.4 Å². The normalized spacial score (nSPS) is 23.9. The van der Waals surface area contributed by atoms with E-state index >= 15 is 0 Å². The molecule has 1 N–H and O–H groups in total. The molecule has 1 aromatic heterocycles. The molecule has 0 aromatic carbocycles. The Bertz CT molecular complexity index is 535. The number of nitrogens with zero attached hydrogens (tertiary/aromatic N) is 2. The van der Waals surface area contributed by atoms with Gasteiger partial charge in [0.1, 0.15) is 4.90 Å². The first-order valence-electron chi connectivity index (χ1n) is 6.22. The summed E-state index contributed by atoms with van der Waals surface area (Å²) in [5.41, 5.74) is 0. The summed E-state index contributed by atoms with van der Waals surface area (Å²) in [6.45, 7) is 5.03. The van der Waals surface area contributed by atoms with Crippen molar-refractivity contribution in [2.45, 2.75) is 30.8 Å². The second-order valence-corrected chi connectivity index (χ2v) is 6.53. The van der Waals surface area contributed by atoms with Crippen LogP contribution in [0.25, 0.3) is 0 Å². The van der Waals surface area contributed by atoms with Gasteiger partial charge in [-0.15, -0.1) is 12.4 Å². The van der Waals surface area contributed by atoms with Crippen LogP contribution in [0, 0.1) is 0 Å². The standard InChI is InChI=1S/C12H19N3O3S.ClH/c1-9-10(2)15(7-6-13-9)19(16,17)11-4-5-12(18-3)14-8-11;/h4-5,8-10,13H,6-7H2,1-3H3;1H. The fourth-order valence-electron chi connectivity index (χ4n) is 2.14. The van der Waals surface area contributed by atoms with Gasteiger partial charge in [0, 0.05) is 31.2 Å². The van der Waals surface area contributed by atoms with E-state index in [1.165, 1.54) is 23.7 Å². The number of methoxy groups -OCH3 is 1. The molecule has 0 radical (unpaired) electrons. The monoisotopic (exact) mass is 321 g/mol. The van der Waals surface area contributed by atoms with Gasteiger partial charge >= 0.3 is 0 Å². The second kappa shape index (κ2) is 6.71. The number of rotatable bonds is 3. The molecule has 8 heteroatoms. The summed E-state index contributed by atoms with van der Waals surface area (Å²) in [6, 6.07) is 3.14. The van der Waals surface area contributed by atoms with Gasteiger partial charge in [-0.25, -0.2) is 13.4 Å². The molecule has 1 aliphatic heterocycles. The molecular weight excluding hydrogens is 302 g/mol. The van der Waals surface area contributed by atoms with E-state index in [2.05, 4.69) is 10.3 Å². The Morgan fingerprint density at radius 2 is 2.10 bits per heavy atom. The Morgan fingerprint density at radius 1 is 1.40 bits per heavy atom. The molecule has 2 unspecified atom stereocenters. The zero-order valence-corrected chi connectivity index (χ0v) is 13.4. The molecule has 1 aliphatic rings. The number of aromatic nitrogens is 1. The summed E-state index contributed by atoms with van der Waals surface area (Å²) >= 11 is 0. The Balaban J connectivity index is 0.00000200. The summed E-state index contributed by atoms with van der Waals surface area (Å²) < 4.78 is 31.6. The minimum Gasteiger partial charge on any atom is -0.481 e. The van der Waals surface area contributed by atoms with Crippen LogP contribution in [0.5, 0.6) is 5.88 Å². The maximum atomic E-state index is 12.6. The summed E-state index contributed by atoms with van der Waals surface area (Å²) in [7, 11) is -2.00. The van der Waals surface area contributed by atoms with Gasteiger partial charge in [-0.3, -0.25) is 0 Å². The second-order valence-electron chi connectivity index (χ2n) is 4.64. The fraction of sp³-hybridized carbons (Fsp3) is 0.583. The molecule has 6 nitrogen and oxygen atoms in total. The zero-order valence-electron chi connectivity index (χ0n) is 11.7. The van der Waals surface area contributed by atoms with E-state index in [1.54, 1.807) is 6.07 Å². The molecule has 20 heavy (non-hydrogen) atoms. The van der Waals surface area contributed by atoms with Gasteiger partial charge in [0.2, 0.25) is 15.9 Å². The third kappa shape index (κ3) is 3.22. The number of halogens is 1. The summed E-state index contributed by atoms with van der Waals surface area (Å²) in [5.74, 6) is 0.403. The van der Waals surface area contributed by atoms with Crippen molar-refractivity contribution in [1.82, 2.24) is 14.6 Å². The van der Waals surface area contributed by atoms with Crippen LogP contribution in [-0.2, 0) is 10.0 Å². The summed E-state index contributed by atoms with van der Waals surface area (Å²) in [4.78, 5) is 4.16. The summed E-state index contributed by atoms with van der Waals surface area (Å²) in [6.07, 6.45) is 1.34. The molecule has 0 aliphatic carbocycles.